The number of aromatic nitrogens is 3. The van der Waals surface area contributed by atoms with E-state index in [9.17, 15) is 14.7 Å². The standard InChI is InChI=1S/C19H14Cl3N5O3/c20-14-5-6-17(27-26-14)24-13(19(29)30)7-10-1-3-12(4-2-10)23-18(28)11-8-15(21)25-16(22)9-11/h1-6,8-9,13H,7H2,(H,23,28)(H,24,27)(H,29,30)/t13-/m0/s1. The molecule has 0 saturated heterocycles. The lowest BCUT2D eigenvalue weighted by molar-refractivity contribution is -0.137. The van der Waals surface area contributed by atoms with E-state index in [0.717, 1.165) is 5.56 Å². The van der Waals surface area contributed by atoms with Gasteiger partial charge >= 0.3 is 5.97 Å². The van der Waals surface area contributed by atoms with Gasteiger partial charge in [-0.2, -0.15) is 0 Å². The molecule has 3 rings (SSSR count). The van der Waals surface area contributed by atoms with Crippen LogP contribution in [0.4, 0.5) is 11.5 Å². The van der Waals surface area contributed by atoms with E-state index in [1.54, 1.807) is 30.3 Å². The third-order valence-corrected chi connectivity index (χ3v) is 4.52. The molecule has 3 N–H and O–H groups in total. The first-order chi connectivity index (χ1) is 14.3. The molecular formula is C19H14Cl3N5O3. The maximum absolute atomic E-state index is 12.3. The Balaban J connectivity index is 1.65. The van der Waals surface area contributed by atoms with Gasteiger partial charge in [0.2, 0.25) is 0 Å². The Labute approximate surface area is 186 Å². The molecule has 8 nitrogen and oxygen atoms in total. The minimum absolute atomic E-state index is 0.112. The SMILES string of the molecule is O=C(Nc1ccc(C[C@H](Nc2ccc(Cl)nn2)C(=O)O)cc1)c1cc(Cl)nc(Cl)c1. The first-order valence-corrected chi connectivity index (χ1v) is 9.65. The summed E-state index contributed by atoms with van der Waals surface area (Å²) < 4.78 is 0. The summed E-state index contributed by atoms with van der Waals surface area (Å²) in [7, 11) is 0. The van der Waals surface area contributed by atoms with Crippen LogP contribution >= 0.6 is 34.8 Å². The Morgan fingerprint density at radius 1 is 0.933 bits per heavy atom. The fraction of sp³-hybridized carbons (Fsp3) is 0.105. The first-order valence-electron chi connectivity index (χ1n) is 8.52. The molecule has 0 bridgehead atoms. The van der Waals surface area contributed by atoms with Crippen molar-refractivity contribution in [1.82, 2.24) is 15.2 Å². The number of hydrogen-bond donors (Lipinski definition) is 3. The predicted molar refractivity (Wildman–Crippen MR) is 114 cm³/mol. The van der Waals surface area contributed by atoms with Gasteiger partial charge in [0.1, 0.15) is 22.2 Å². The Bertz CT molecular complexity index is 1040. The summed E-state index contributed by atoms with van der Waals surface area (Å²) in [5, 5.41) is 22.9. The number of halogens is 3. The van der Waals surface area contributed by atoms with Gasteiger partial charge in [-0.25, -0.2) is 9.78 Å². The summed E-state index contributed by atoms with van der Waals surface area (Å²) in [5.74, 6) is -1.15. The lowest BCUT2D eigenvalue weighted by Crippen LogP contribution is -2.32. The van der Waals surface area contributed by atoms with Gasteiger partial charge < -0.3 is 15.7 Å². The number of pyridine rings is 1. The van der Waals surface area contributed by atoms with Gasteiger partial charge in [-0.1, -0.05) is 46.9 Å². The minimum atomic E-state index is -1.05. The highest BCUT2D eigenvalue weighted by atomic mass is 35.5. The number of hydrogen-bond acceptors (Lipinski definition) is 6. The summed E-state index contributed by atoms with van der Waals surface area (Å²) in [5.41, 5.74) is 1.53. The highest BCUT2D eigenvalue weighted by Crippen LogP contribution is 2.18. The molecule has 1 atom stereocenters. The molecule has 0 radical (unpaired) electrons. The summed E-state index contributed by atoms with van der Waals surface area (Å²) in [4.78, 5) is 27.7. The van der Waals surface area contributed by atoms with Crippen LogP contribution in [0.15, 0.2) is 48.5 Å². The van der Waals surface area contributed by atoms with E-state index in [1.165, 1.54) is 18.2 Å². The molecular weight excluding hydrogens is 453 g/mol. The summed E-state index contributed by atoms with van der Waals surface area (Å²) in [6, 6.07) is 11.7. The second kappa shape index (κ2) is 9.71. The van der Waals surface area contributed by atoms with E-state index < -0.39 is 17.9 Å². The van der Waals surface area contributed by atoms with E-state index in [-0.39, 0.29) is 27.4 Å². The van der Waals surface area contributed by atoms with E-state index >= 15 is 0 Å². The zero-order chi connectivity index (χ0) is 21.7. The normalized spacial score (nSPS) is 11.6. The van der Waals surface area contributed by atoms with Crippen molar-refractivity contribution in [3.8, 4) is 0 Å². The van der Waals surface area contributed by atoms with Gasteiger partial charge in [0, 0.05) is 17.7 Å². The minimum Gasteiger partial charge on any atom is -0.480 e. The van der Waals surface area contributed by atoms with Crippen LogP contribution < -0.4 is 10.6 Å². The summed E-state index contributed by atoms with van der Waals surface area (Å²) in [6.45, 7) is 0. The maximum atomic E-state index is 12.3. The van der Waals surface area contributed by atoms with E-state index in [2.05, 4.69) is 25.8 Å². The van der Waals surface area contributed by atoms with Crippen molar-refractivity contribution in [3.63, 3.8) is 0 Å². The summed E-state index contributed by atoms with van der Waals surface area (Å²) in [6.07, 6.45) is 0.184. The average Bonchev–Trinajstić information content (AvgIpc) is 2.69. The van der Waals surface area contributed by atoms with Crippen LogP contribution in [0.5, 0.6) is 0 Å². The van der Waals surface area contributed by atoms with Gasteiger partial charge in [-0.15, -0.1) is 10.2 Å². The van der Waals surface area contributed by atoms with E-state index in [1.807, 2.05) is 0 Å². The number of carboxylic acids is 1. The van der Waals surface area contributed by atoms with Crippen molar-refractivity contribution >= 4 is 58.2 Å². The number of carbonyl (C=O) groups excluding carboxylic acids is 1. The molecule has 154 valence electrons. The number of aliphatic carboxylic acids is 1. The summed E-state index contributed by atoms with van der Waals surface area (Å²) >= 11 is 17.3. The highest BCUT2D eigenvalue weighted by molar-refractivity contribution is 6.33. The van der Waals surface area contributed by atoms with Crippen molar-refractivity contribution in [2.75, 3.05) is 10.6 Å². The molecule has 0 spiro atoms. The van der Waals surface area contributed by atoms with Crippen LogP contribution in [0, 0.1) is 0 Å². The number of benzene rings is 1. The molecule has 0 aliphatic heterocycles. The van der Waals surface area contributed by atoms with Crippen LogP contribution in [0.2, 0.25) is 15.5 Å². The van der Waals surface area contributed by atoms with Crippen molar-refractivity contribution in [1.29, 1.82) is 0 Å². The fourth-order valence-corrected chi connectivity index (χ4v) is 3.09. The lowest BCUT2D eigenvalue weighted by atomic mass is 10.1. The zero-order valence-electron chi connectivity index (χ0n) is 15.1. The number of nitrogens with zero attached hydrogens (tertiary/aromatic N) is 3. The largest absolute Gasteiger partial charge is 0.480 e. The van der Waals surface area contributed by atoms with Crippen molar-refractivity contribution in [3.05, 3.63) is 75.1 Å². The van der Waals surface area contributed by atoms with Crippen LogP contribution in [0.1, 0.15) is 15.9 Å². The lowest BCUT2D eigenvalue weighted by Gasteiger charge is -2.15. The quantitative estimate of drug-likeness (QED) is 0.447. The Morgan fingerprint density at radius 3 is 2.17 bits per heavy atom. The molecule has 0 unspecified atom stereocenters. The molecule has 2 heterocycles. The Morgan fingerprint density at radius 2 is 1.60 bits per heavy atom. The van der Waals surface area contributed by atoms with Crippen molar-refractivity contribution in [2.24, 2.45) is 0 Å². The van der Waals surface area contributed by atoms with Crippen LogP contribution in [0.3, 0.4) is 0 Å². The predicted octanol–water partition coefficient (Wildman–Crippen LogP) is 4.19. The number of anilines is 2. The van der Waals surface area contributed by atoms with E-state index in [0.29, 0.717) is 11.5 Å². The smallest absolute Gasteiger partial charge is 0.326 e. The highest BCUT2D eigenvalue weighted by Gasteiger charge is 2.19. The van der Waals surface area contributed by atoms with Crippen LogP contribution in [-0.2, 0) is 11.2 Å². The van der Waals surface area contributed by atoms with Crippen LogP contribution in [0.25, 0.3) is 0 Å². The Hall–Kier alpha value is -2.94. The van der Waals surface area contributed by atoms with Gasteiger partial charge in [-0.05, 0) is 42.0 Å². The fourth-order valence-electron chi connectivity index (χ4n) is 2.53. The van der Waals surface area contributed by atoms with Gasteiger partial charge in [0.25, 0.3) is 5.91 Å². The topological polar surface area (TPSA) is 117 Å². The number of nitrogens with one attached hydrogen (secondary N) is 2. The number of amides is 1. The molecule has 0 saturated carbocycles. The molecule has 1 amide bonds. The molecule has 11 heteroatoms. The number of carboxylic acid groups (broad SMARTS) is 1. The monoisotopic (exact) mass is 465 g/mol. The number of rotatable bonds is 7. The maximum Gasteiger partial charge on any atom is 0.326 e. The third-order valence-electron chi connectivity index (χ3n) is 3.93. The van der Waals surface area contributed by atoms with Gasteiger partial charge in [-0.3, -0.25) is 4.79 Å². The second-order valence-electron chi connectivity index (χ2n) is 6.13. The average molecular weight is 467 g/mol. The van der Waals surface area contributed by atoms with Crippen molar-refractivity contribution < 1.29 is 14.7 Å². The zero-order valence-corrected chi connectivity index (χ0v) is 17.4. The molecule has 1 aromatic carbocycles. The van der Waals surface area contributed by atoms with Gasteiger partial charge in [0.15, 0.2) is 5.15 Å². The molecule has 0 aliphatic carbocycles. The molecule has 3 aromatic rings. The number of carbonyl (C=O) groups is 2. The Kier molecular flexibility index (Phi) is 7.04. The first kappa shape index (κ1) is 21.8. The second-order valence-corrected chi connectivity index (χ2v) is 7.29. The molecule has 30 heavy (non-hydrogen) atoms. The van der Waals surface area contributed by atoms with E-state index in [4.69, 9.17) is 34.8 Å². The molecule has 2 aromatic heterocycles. The third kappa shape index (κ3) is 6.03. The van der Waals surface area contributed by atoms with Gasteiger partial charge in [0.05, 0.1) is 0 Å². The molecule has 0 aliphatic rings. The molecule has 0 fully saturated rings. The van der Waals surface area contributed by atoms with Crippen molar-refractivity contribution in [2.45, 2.75) is 12.5 Å². The van der Waals surface area contributed by atoms with Crippen LogP contribution in [-0.4, -0.2) is 38.2 Å².